The van der Waals surface area contributed by atoms with Gasteiger partial charge in [0.25, 0.3) is 0 Å². The highest BCUT2D eigenvalue weighted by Crippen LogP contribution is 2.17. The maximum atomic E-state index is 12.1. The van der Waals surface area contributed by atoms with Gasteiger partial charge in [0.05, 0.1) is 6.54 Å². The largest absolute Gasteiger partial charge is 0.480 e. The van der Waals surface area contributed by atoms with Crippen LogP contribution >= 0.6 is 0 Å². The number of hydrogen-bond donors (Lipinski definition) is 2. The van der Waals surface area contributed by atoms with Gasteiger partial charge in [0, 0.05) is 26.1 Å². The van der Waals surface area contributed by atoms with Crippen LogP contribution in [0.15, 0.2) is 0 Å². The van der Waals surface area contributed by atoms with Crippen LogP contribution in [-0.4, -0.2) is 48.1 Å². The predicted molar refractivity (Wildman–Crippen MR) is 78.6 cm³/mol. The summed E-state index contributed by atoms with van der Waals surface area (Å²) >= 11 is 0. The summed E-state index contributed by atoms with van der Waals surface area (Å²) in [5.74, 6) is -0.170. The van der Waals surface area contributed by atoms with Crippen molar-refractivity contribution in [1.82, 2.24) is 10.2 Å². The maximum absolute atomic E-state index is 12.1. The van der Waals surface area contributed by atoms with Crippen LogP contribution in [0.25, 0.3) is 0 Å². The second kappa shape index (κ2) is 9.75. The van der Waals surface area contributed by atoms with Crippen molar-refractivity contribution >= 4 is 11.9 Å². The van der Waals surface area contributed by atoms with Crippen molar-refractivity contribution in [3.8, 4) is 0 Å². The lowest BCUT2D eigenvalue weighted by atomic mass is 9.97. The number of carboxylic acid groups (broad SMARTS) is 1. The number of nitrogens with one attached hydrogen (secondary N) is 1. The van der Waals surface area contributed by atoms with Crippen LogP contribution in [0, 0.1) is 5.92 Å². The molecule has 0 aromatic carbocycles. The quantitative estimate of drug-likeness (QED) is 0.634. The van der Waals surface area contributed by atoms with Crippen molar-refractivity contribution in [2.75, 3.05) is 26.2 Å². The zero-order valence-electron chi connectivity index (χ0n) is 12.6. The highest BCUT2D eigenvalue weighted by Gasteiger charge is 2.23. The molecule has 0 saturated carbocycles. The molecule has 1 unspecified atom stereocenters. The van der Waals surface area contributed by atoms with Gasteiger partial charge in [0.15, 0.2) is 0 Å². The normalized spacial score (nSPS) is 19.1. The first kappa shape index (κ1) is 17.0. The number of unbranched alkanes of at least 4 members (excludes halogenated alkanes) is 3. The number of carboxylic acids is 1. The Hall–Kier alpha value is -1.10. The third-order valence-electron chi connectivity index (χ3n) is 3.83. The molecule has 0 aromatic rings. The van der Waals surface area contributed by atoms with Crippen molar-refractivity contribution < 1.29 is 14.7 Å². The van der Waals surface area contributed by atoms with E-state index in [4.69, 9.17) is 5.11 Å². The fraction of sp³-hybridized carbons (Fsp3) is 0.867. The smallest absolute Gasteiger partial charge is 0.317 e. The van der Waals surface area contributed by atoms with Crippen molar-refractivity contribution in [3.63, 3.8) is 0 Å². The number of aliphatic carboxylic acids is 1. The predicted octanol–water partition coefficient (Wildman–Crippen LogP) is 1.87. The molecule has 0 spiro atoms. The van der Waals surface area contributed by atoms with E-state index in [-0.39, 0.29) is 12.5 Å². The molecule has 1 aliphatic rings. The molecule has 5 heteroatoms. The summed E-state index contributed by atoms with van der Waals surface area (Å²) in [6.45, 7) is 4.50. The molecule has 20 heavy (non-hydrogen) atoms. The summed E-state index contributed by atoms with van der Waals surface area (Å²) < 4.78 is 0. The minimum atomic E-state index is -0.829. The molecule has 1 amide bonds. The number of piperidine rings is 1. The monoisotopic (exact) mass is 284 g/mol. The van der Waals surface area contributed by atoms with Crippen molar-refractivity contribution in [2.45, 2.75) is 51.9 Å². The molecule has 2 N–H and O–H groups in total. The van der Waals surface area contributed by atoms with Crippen molar-refractivity contribution in [2.24, 2.45) is 5.92 Å². The Morgan fingerprint density at radius 3 is 2.80 bits per heavy atom. The number of nitrogens with zero attached hydrogens (tertiary/aromatic N) is 1. The molecule has 1 atom stereocenters. The lowest BCUT2D eigenvalue weighted by molar-refractivity contribution is -0.136. The van der Waals surface area contributed by atoms with E-state index < -0.39 is 5.97 Å². The summed E-state index contributed by atoms with van der Waals surface area (Å²) in [6, 6.07) is 0. The van der Waals surface area contributed by atoms with E-state index >= 15 is 0 Å². The Morgan fingerprint density at radius 1 is 1.30 bits per heavy atom. The fourth-order valence-corrected chi connectivity index (χ4v) is 2.70. The van der Waals surface area contributed by atoms with Gasteiger partial charge in [-0.1, -0.05) is 26.2 Å². The van der Waals surface area contributed by atoms with Crippen LogP contribution in [0.5, 0.6) is 0 Å². The second-order valence-corrected chi connectivity index (χ2v) is 5.68. The first-order chi connectivity index (χ1) is 9.63. The molecule has 0 aliphatic carbocycles. The molecule has 0 radical (unpaired) electrons. The summed E-state index contributed by atoms with van der Waals surface area (Å²) in [6.07, 6.45) is 7.29. The number of likely N-dealkylation sites (tertiary alicyclic amines) is 1. The van der Waals surface area contributed by atoms with E-state index in [1.165, 1.54) is 12.8 Å². The number of hydrogen-bond acceptors (Lipinski definition) is 3. The zero-order valence-corrected chi connectivity index (χ0v) is 12.6. The summed E-state index contributed by atoms with van der Waals surface area (Å²) in [4.78, 5) is 24.5. The van der Waals surface area contributed by atoms with Crippen molar-refractivity contribution in [3.05, 3.63) is 0 Å². The van der Waals surface area contributed by atoms with E-state index in [9.17, 15) is 9.59 Å². The fourth-order valence-electron chi connectivity index (χ4n) is 2.70. The van der Waals surface area contributed by atoms with Gasteiger partial charge in [0.2, 0.25) is 5.91 Å². The Morgan fingerprint density at radius 2 is 2.10 bits per heavy atom. The highest BCUT2D eigenvalue weighted by atomic mass is 16.4. The van der Waals surface area contributed by atoms with Gasteiger partial charge in [-0.15, -0.1) is 0 Å². The molecule has 1 saturated heterocycles. The summed E-state index contributed by atoms with van der Waals surface area (Å²) in [5, 5.41) is 11.5. The Kier molecular flexibility index (Phi) is 8.26. The first-order valence-electron chi connectivity index (χ1n) is 7.83. The van der Waals surface area contributed by atoms with Crippen LogP contribution in [0.4, 0.5) is 0 Å². The van der Waals surface area contributed by atoms with Gasteiger partial charge < -0.3 is 15.3 Å². The molecule has 1 aliphatic heterocycles. The number of rotatable bonds is 9. The van der Waals surface area contributed by atoms with Gasteiger partial charge in [-0.05, 0) is 25.2 Å². The molecule has 116 valence electrons. The van der Waals surface area contributed by atoms with Crippen LogP contribution in [0.1, 0.15) is 51.9 Å². The number of carbonyl (C=O) groups is 2. The van der Waals surface area contributed by atoms with Gasteiger partial charge in [-0.25, -0.2) is 0 Å². The number of carbonyl (C=O) groups excluding carboxylic acids is 1. The molecule has 1 rings (SSSR count). The van der Waals surface area contributed by atoms with Gasteiger partial charge in [-0.2, -0.15) is 0 Å². The Bertz CT molecular complexity index is 307. The number of amides is 1. The maximum Gasteiger partial charge on any atom is 0.317 e. The van der Waals surface area contributed by atoms with Gasteiger partial charge in [0.1, 0.15) is 0 Å². The van der Waals surface area contributed by atoms with E-state index in [2.05, 4.69) is 12.2 Å². The minimum absolute atomic E-state index is 0.00145. The molecular formula is C15H28N2O3. The zero-order chi connectivity index (χ0) is 14.8. The second-order valence-electron chi connectivity index (χ2n) is 5.68. The SMILES string of the molecule is CCCCCCC(=O)N1CCCC(CNCC(=O)O)C1. The van der Waals surface area contributed by atoms with E-state index in [1.807, 2.05) is 4.90 Å². The van der Waals surface area contributed by atoms with Crippen molar-refractivity contribution in [1.29, 1.82) is 0 Å². The third kappa shape index (κ3) is 6.89. The first-order valence-corrected chi connectivity index (χ1v) is 7.83. The van der Waals surface area contributed by atoms with Crippen LogP contribution < -0.4 is 5.32 Å². The molecule has 1 heterocycles. The van der Waals surface area contributed by atoms with Gasteiger partial charge >= 0.3 is 5.97 Å². The molecule has 0 aromatic heterocycles. The highest BCUT2D eigenvalue weighted by molar-refractivity contribution is 5.76. The van der Waals surface area contributed by atoms with E-state index in [0.29, 0.717) is 18.9 Å². The van der Waals surface area contributed by atoms with E-state index in [0.717, 1.165) is 38.8 Å². The lowest BCUT2D eigenvalue weighted by Gasteiger charge is -2.33. The molecule has 0 bridgehead atoms. The van der Waals surface area contributed by atoms with Crippen LogP contribution in [0.3, 0.4) is 0 Å². The van der Waals surface area contributed by atoms with Crippen LogP contribution in [0.2, 0.25) is 0 Å². The molecule has 1 fully saturated rings. The standard InChI is InChI=1S/C15H28N2O3/c1-2-3-4-5-8-14(18)17-9-6-7-13(12-17)10-16-11-15(19)20/h13,16H,2-12H2,1H3,(H,19,20). The summed E-state index contributed by atoms with van der Waals surface area (Å²) in [5.41, 5.74) is 0. The van der Waals surface area contributed by atoms with Crippen LogP contribution in [-0.2, 0) is 9.59 Å². The summed E-state index contributed by atoms with van der Waals surface area (Å²) in [7, 11) is 0. The third-order valence-corrected chi connectivity index (χ3v) is 3.83. The Labute approximate surface area is 121 Å². The topological polar surface area (TPSA) is 69.6 Å². The van der Waals surface area contributed by atoms with Gasteiger partial charge in [-0.3, -0.25) is 9.59 Å². The average Bonchev–Trinajstić information content (AvgIpc) is 2.43. The average molecular weight is 284 g/mol. The van der Waals surface area contributed by atoms with E-state index in [1.54, 1.807) is 0 Å². The lowest BCUT2D eigenvalue weighted by Crippen LogP contribution is -2.43. The molecule has 5 nitrogen and oxygen atoms in total. The molecular weight excluding hydrogens is 256 g/mol. The minimum Gasteiger partial charge on any atom is -0.480 e. The Balaban J connectivity index is 2.21.